The molecule has 4 heterocycles. The fraction of sp³-hybridized carbons (Fsp3) is 0.571. The number of esters is 1. The average molecular weight is 354 g/mol. The first kappa shape index (κ1) is 16.3. The van der Waals surface area contributed by atoms with Gasteiger partial charge in [-0.2, -0.15) is 0 Å². The standard InChI is InChI=1S/C21H26N2O3/c1-2-25-19(24)13-26-18-12-14-6-5-10-22-11-9-16-15-7-3-4-8-17(15)23(18)21(16)20(14)22/h3-4,7-8,14,18,20H,2,5-6,9-13H2,1H3/t14-,18?,20+/m0/s1. The van der Waals surface area contributed by atoms with Crippen LogP contribution in [-0.4, -0.2) is 41.7 Å². The van der Waals surface area contributed by atoms with Crippen LogP contribution in [0.4, 0.5) is 0 Å². The van der Waals surface area contributed by atoms with Gasteiger partial charge in [-0.3, -0.25) is 4.90 Å². The van der Waals surface area contributed by atoms with Gasteiger partial charge in [0.15, 0.2) is 0 Å². The number of hydrogen-bond acceptors (Lipinski definition) is 4. The second-order valence-electron chi connectivity index (χ2n) is 7.69. The predicted molar refractivity (Wildman–Crippen MR) is 98.9 cm³/mol. The van der Waals surface area contributed by atoms with E-state index in [1.807, 2.05) is 6.92 Å². The molecule has 0 radical (unpaired) electrons. The topological polar surface area (TPSA) is 43.7 Å². The zero-order valence-electron chi connectivity index (χ0n) is 15.3. The third-order valence-corrected chi connectivity index (χ3v) is 6.34. The van der Waals surface area contributed by atoms with E-state index in [2.05, 4.69) is 33.7 Å². The maximum Gasteiger partial charge on any atom is 0.332 e. The molecule has 0 N–H and O–H groups in total. The lowest BCUT2D eigenvalue weighted by Crippen LogP contribution is -2.47. The molecule has 3 atom stereocenters. The summed E-state index contributed by atoms with van der Waals surface area (Å²) in [7, 11) is 0. The number of hydrogen-bond donors (Lipinski definition) is 0. The van der Waals surface area contributed by atoms with E-state index in [1.165, 1.54) is 41.5 Å². The summed E-state index contributed by atoms with van der Waals surface area (Å²) in [6.07, 6.45) is 4.53. The van der Waals surface area contributed by atoms with Crippen molar-refractivity contribution >= 4 is 16.9 Å². The van der Waals surface area contributed by atoms with Crippen molar-refractivity contribution in [3.63, 3.8) is 0 Å². The minimum Gasteiger partial charge on any atom is -0.464 e. The minimum absolute atomic E-state index is 0.0287. The largest absolute Gasteiger partial charge is 0.464 e. The Morgan fingerprint density at radius 1 is 1.27 bits per heavy atom. The van der Waals surface area contributed by atoms with Crippen molar-refractivity contribution in [3.05, 3.63) is 35.5 Å². The maximum atomic E-state index is 11.8. The van der Waals surface area contributed by atoms with Crippen molar-refractivity contribution in [3.8, 4) is 0 Å². The molecule has 1 aromatic carbocycles. The highest BCUT2D eigenvalue weighted by Gasteiger charge is 2.45. The number of fused-ring (bicyclic) bond motifs is 3. The molecule has 2 aromatic rings. The van der Waals surface area contributed by atoms with Crippen molar-refractivity contribution < 1.29 is 14.3 Å². The van der Waals surface area contributed by atoms with Crippen LogP contribution >= 0.6 is 0 Å². The van der Waals surface area contributed by atoms with Gasteiger partial charge in [-0.1, -0.05) is 18.2 Å². The summed E-state index contributed by atoms with van der Waals surface area (Å²) in [4.78, 5) is 14.5. The molecule has 1 saturated heterocycles. The van der Waals surface area contributed by atoms with Crippen LogP contribution in [0.25, 0.3) is 10.9 Å². The number of piperidine rings is 1. The summed E-state index contributed by atoms with van der Waals surface area (Å²) in [5.41, 5.74) is 4.19. The monoisotopic (exact) mass is 354 g/mol. The second kappa shape index (κ2) is 6.39. The third-order valence-electron chi connectivity index (χ3n) is 6.34. The van der Waals surface area contributed by atoms with E-state index in [0.717, 1.165) is 19.4 Å². The molecule has 5 nitrogen and oxygen atoms in total. The number of rotatable bonds is 4. The molecule has 0 spiro atoms. The summed E-state index contributed by atoms with van der Waals surface area (Å²) in [6, 6.07) is 9.18. The fourth-order valence-corrected chi connectivity index (χ4v) is 5.42. The van der Waals surface area contributed by atoms with Crippen molar-refractivity contribution in [2.24, 2.45) is 5.92 Å². The molecule has 1 aromatic heterocycles. The normalized spacial score (nSPS) is 27.3. The molecular formula is C21H26N2O3. The van der Waals surface area contributed by atoms with Gasteiger partial charge in [-0.05, 0) is 56.7 Å². The SMILES string of the molecule is CCOC(=O)COC1C[C@@H]2CCCN3CCc4c(n1c1ccccc41)[C@@H]23. The molecule has 0 amide bonds. The van der Waals surface area contributed by atoms with Crippen LogP contribution in [0, 0.1) is 5.92 Å². The van der Waals surface area contributed by atoms with E-state index < -0.39 is 0 Å². The summed E-state index contributed by atoms with van der Waals surface area (Å²) >= 11 is 0. The minimum atomic E-state index is -0.273. The zero-order chi connectivity index (χ0) is 17.7. The van der Waals surface area contributed by atoms with Crippen LogP contribution < -0.4 is 0 Å². The van der Waals surface area contributed by atoms with Crippen LogP contribution in [-0.2, 0) is 20.7 Å². The molecule has 5 heteroatoms. The first-order valence-electron chi connectivity index (χ1n) is 9.91. The van der Waals surface area contributed by atoms with Crippen LogP contribution in [0.1, 0.15) is 49.7 Å². The number of ether oxygens (including phenoxy) is 2. The summed E-state index contributed by atoms with van der Waals surface area (Å²) in [6.45, 7) is 4.62. The Morgan fingerprint density at radius 3 is 3.04 bits per heavy atom. The molecule has 0 aliphatic carbocycles. The van der Waals surface area contributed by atoms with Crippen molar-refractivity contribution in [2.45, 2.75) is 44.9 Å². The lowest BCUT2D eigenvalue weighted by atomic mass is 9.78. The highest BCUT2D eigenvalue weighted by atomic mass is 16.6. The van der Waals surface area contributed by atoms with Crippen molar-refractivity contribution in [1.29, 1.82) is 0 Å². The summed E-state index contributed by atoms with van der Waals surface area (Å²) in [5.74, 6) is 0.344. The third kappa shape index (κ3) is 2.41. The van der Waals surface area contributed by atoms with Gasteiger partial charge in [0.25, 0.3) is 0 Å². The number of carbonyl (C=O) groups is 1. The quantitative estimate of drug-likeness (QED) is 0.789. The number of aromatic nitrogens is 1. The van der Waals surface area contributed by atoms with E-state index in [-0.39, 0.29) is 18.8 Å². The van der Waals surface area contributed by atoms with Crippen molar-refractivity contribution in [1.82, 2.24) is 9.47 Å². The molecule has 3 aliphatic rings. The van der Waals surface area contributed by atoms with Gasteiger partial charge in [-0.25, -0.2) is 4.79 Å². The number of carbonyl (C=O) groups excluding carboxylic acids is 1. The molecule has 138 valence electrons. The van der Waals surface area contributed by atoms with Crippen LogP contribution in [0.15, 0.2) is 24.3 Å². The van der Waals surface area contributed by atoms with Gasteiger partial charge in [0.05, 0.1) is 18.2 Å². The first-order valence-corrected chi connectivity index (χ1v) is 9.91. The Balaban J connectivity index is 1.59. The molecule has 1 unspecified atom stereocenters. The van der Waals surface area contributed by atoms with Crippen LogP contribution in [0.3, 0.4) is 0 Å². The molecule has 0 bridgehead atoms. The van der Waals surface area contributed by atoms with Gasteiger partial charge in [0.1, 0.15) is 12.8 Å². The number of benzene rings is 1. The Labute approximate surface area is 153 Å². The second-order valence-corrected chi connectivity index (χ2v) is 7.69. The molecule has 1 fully saturated rings. The van der Waals surface area contributed by atoms with Gasteiger partial charge < -0.3 is 14.0 Å². The summed E-state index contributed by atoms with van der Waals surface area (Å²) in [5, 5.41) is 1.36. The number of nitrogens with zero attached hydrogens (tertiary/aromatic N) is 2. The van der Waals surface area contributed by atoms with E-state index in [0.29, 0.717) is 18.6 Å². The van der Waals surface area contributed by atoms with E-state index in [1.54, 1.807) is 0 Å². The van der Waals surface area contributed by atoms with E-state index >= 15 is 0 Å². The molecular weight excluding hydrogens is 328 g/mol. The van der Waals surface area contributed by atoms with E-state index in [4.69, 9.17) is 9.47 Å². The molecule has 26 heavy (non-hydrogen) atoms. The van der Waals surface area contributed by atoms with Gasteiger partial charge in [0, 0.05) is 17.6 Å². The van der Waals surface area contributed by atoms with Gasteiger partial charge >= 0.3 is 5.97 Å². The zero-order valence-corrected chi connectivity index (χ0v) is 15.3. The molecule has 3 aliphatic heterocycles. The molecule has 0 saturated carbocycles. The van der Waals surface area contributed by atoms with Crippen molar-refractivity contribution in [2.75, 3.05) is 26.3 Å². The lowest BCUT2D eigenvalue weighted by Gasteiger charge is -2.49. The Hall–Kier alpha value is -1.85. The average Bonchev–Trinajstić information content (AvgIpc) is 3.01. The highest BCUT2D eigenvalue weighted by molar-refractivity contribution is 5.86. The van der Waals surface area contributed by atoms with Gasteiger partial charge in [0.2, 0.25) is 0 Å². The van der Waals surface area contributed by atoms with Crippen LogP contribution in [0.5, 0.6) is 0 Å². The Morgan fingerprint density at radius 2 is 2.15 bits per heavy atom. The molecule has 5 rings (SSSR count). The smallest absolute Gasteiger partial charge is 0.332 e. The Kier molecular flexibility index (Phi) is 4.02. The maximum absolute atomic E-state index is 11.8. The predicted octanol–water partition coefficient (Wildman–Crippen LogP) is 3.43. The Bertz CT molecular complexity index is 843. The van der Waals surface area contributed by atoms with Gasteiger partial charge in [-0.15, -0.1) is 0 Å². The fourth-order valence-electron chi connectivity index (χ4n) is 5.42. The highest BCUT2D eigenvalue weighted by Crippen LogP contribution is 2.51. The summed E-state index contributed by atoms with van der Waals surface area (Å²) < 4.78 is 13.6. The van der Waals surface area contributed by atoms with Crippen LogP contribution in [0.2, 0.25) is 0 Å². The van der Waals surface area contributed by atoms with E-state index in [9.17, 15) is 4.79 Å². The lowest BCUT2D eigenvalue weighted by molar-refractivity contribution is -0.155. The number of para-hydroxylation sites is 1. The first-order chi connectivity index (χ1) is 12.8.